The van der Waals surface area contributed by atoms with Gasteiger partial charge in [0.15, 0.2) is 0 Å². The lowest BCUT2D eigenvalue weighted by molar-refractivity contribution is -0.132. The fourth-order valence-corrected chi connectivity index (χ4v) is 3.33. The largest absolute Gasteiger partial charge is 0.353 e. The van der Waals surface area contributed by atoms with Gasteiger partial charge in [-0.2, -0.15) is 5.26 Å². The van der Waals surface area contributed by atoms with Crippen molar-refractivity contribution in [3.05, 3.63) is 59.8 Å². The molecule has 1 saturated heterocycles. The molecule has 2 heterocycles. The van der Waals surface area contributed by atoms with Crippen molar-refractivity contribution in [1.82, 2.24) is 14.8 Å². The van der Waals surface area contributed by atoms with Crippen LogP contribution in [0.2, 0.25) is 0 Å². The zero-order chi connectivity index (χ0) is 19.1. The molecule has 0 saturated carbocycles. The number of benzene rings is 1. The maximum atomic E-state index is 12.7. The number of nitriles is 1. The SMILES string of the molecule is CCN(Cc1ccccc1)C(=O)CN1CCN(c2ncccc2C#N)CC1. The Kier molecular flexibility index (Phi) is 6.39. The topological polar surface area (TPSA) is 63.5 Å². The van der Waals surface area contributed by atoms with Gasteiger partial charge in [0.25, 0.3) is 0 Å². The number of piperazine rings is 1. The quantitative estimate of drug-likeness (QED) is 0.787. The van der Waals surface area contributed by atoms with Gasteiger partial charge >= 0.3 is 0 Å². The monoisotopic (exact) mass is 363 g/mol. The smallest absolute Gasteiger partial charge is 0.237 e. The predicted molar refractivity (Wildman–Crippen MR) is 105 cm³/mol. The molecule has 1 amide bonds. The van der Waals surface area contributed by atoms with Crippen molar-refractivity contribution < 1.29 is 4.79 Å². The molecule has 0 radical (unpaired) electrons. The minimum absolute atomic E-state index is 0.158. The lowest BCUT2D eigenvalue weighted by atomic mass is 10.2. The summed E-state index contributed by atoms with van der Waals surface area (Å²) in [7, 11) is 0. The number of carbonyl (C=O) groups is 1. The van der Waals surface area contributed by atoms with E-state index in [1.165, 1.54) is 0 Å². The van der Waals surface area contributed by atoms with Gasteiger partial charge in [-0.1, -0.05) is 30.3 Å². The third-order valence-electron chi connectivity index (χ3n) is 4.89. The predicted octanol–water partition coefficient (Wildman–Crippen LogP) is 2.12. The molecule has 3 rings (SSSR count). The maximum absolute atomic E-state index is 12.7. The van der Waals surface area contributed by atoms with Gasteiger partial charge in [0.1, 0.15) is 11.9 Å². The summed E-state index contributed by atoms with van der Waals surface area (Å²) in [5.41, 5.74) is 1.75. The molecular weight excluding hydrogens is 338 g/mol. The van der Waals surface area contributed by atoms with Gasteiger partial charge in [0.05, 0.1) is 12.1 Å². The Morgan fingerprint density at radius 1 is 1.15 bits per heavy atom. The van der Waals surface area contributed by atoms with Gasteiger partial charge in [-0.25, -0.2) is 4.98 Å². The van der Waals surface area contributed by atoms with Crippen LogP contribution in [0.5, 0.6) is 0 Å². The standard InChI is InChI=1S/C21H25N5O/c1-2-25(16-18-7-4-3-5-8-18)20(27)17-24-11-13-26(14-12-24)21-19(15-22)9-6-10-23-21/h3-10H,2,11-14,16-17H2,1H3. The first kappa shape index (κ1) is 18.9. The van der Waals surface area contributed by atoms with Crippen molar-refractivity contribution in [3.63, 3.8) is 0 Å². The number of carbonyl (C=O) groups excluding carboxylic acids is 1. The van der Waals surface area contributed by atoms with Gasteiger partial charge in [-0.3, -0.25) is 9.69 Å². The van der Waals surface area contributed by atoms with E-state index in [2.05, 4.69) is 20.9 Å². The normalized spacial score (nSPS) is 14.6. The highest BCUT2D eigenvalue weighted by molar-refractivity contribution is 5.78. The lowest BCUT2D eigenvalue weighted by Gasteiger charge is -2.36. The Balaban J connectivity index is 1.53. The van der Waals surface area contributed by atoms with Crippen LogP contribution >= 0.6 is 0 Å². The summed E-state index contributed by atoms with van der Waals surface area (Å²) in [4.78, 5) is 23.3. The van der Waals surface area contributed by atoms with Crippen LogP contribution in [0, 0.1) is 11.3 Å². The molecule has 0 unspecified atom stereocenters. The average molecular weight is 363 g/mol. The number of rotatable bonds is 6. The van der Waals surface area contributed by atoms with Crippen LogP contribution < -0.4 is 4.90 Å². The molecule has 27 heavy (non-hydrogen) atoms. The van der Waals surface area contributed by atoms with E-state index in [1.807, 2.05) is 42.2 Å². The maximum Gasteiger partial charge on any atom is 0.237 e. The number of likely N-dealkylation sites (N-methyl/N-ethyl adjacent to an activating group) is 1. The van der Waals surface area contributed by atoms with Crippen LogP contribution in [0.15, 0.2) is 48.7 Å². The summed E-state index contributed by atoms with van der Waals surface area (Å²) >= 11 is 0. The Hall–Kier alpha value is -2.91. The van der Waals surface area contributed by atoms with Crippen LogP contribution in [-0.2, 0) is 11.3 Å². The molecule has 0 N–H and O–H groups in total. The second kappa shape index (κ2) is 9.15. The van der Waals surface area contributed by atoms with E-state index in [0.717, 1.165) is 37.6 Å². The highest BCUT2D eigenvalue weighted by atomic mass is 16.2. The van der Waals surface area contributed by atoms with Gasteiger partial charge in [-0.05, 0) is 24.6 Å². The number of hydrogen-bond acceptors (Lipinski definition) is 5. The van der Waals surface area contributed by atoms with Crippen molar-refractivity contribution >= 4 is 11.7 Å². The first-order valence-electron chi connectivity index (χ1n) is 9.35. The van der Waals surface area contributed by atoms with Gasteiger partial charge in [0.2, 0.25) is 5.91 Å². The lowest BCUT2D eigenvalue weighted by Crippen LogP contribution is -2.50. The van der Waals surface area contributed by atoms with Gasteiger partial charge < -0.3 is 9.80 Å². The van der Waals surface area contributed by atoms with Crippen molar-refractivity contribution in [2.45, 2.75) is 13.5 Å². The molecule has 0 aliphatic carbocycles. The summed E-state index contributed by atoms with van der Waals surface area (Å²) in [6.07, 6.45) is 1.72. The van der Waals surface area contributed by atoms with Crippen LogP contribution in [0.25, 0.3) is 0 Å². The molecule has 0 spiro atoms. The van der Waals surface area contributed by atoms with Crippen LogP contribution in [-0.4, -0.2) is 60.0 Å². The fourth-order valence-electron chi connectivity index (χ4n) is 3.33. The van der Waals surface area contributed by atoms with Crippen LogP contribution in [0.3, 0.4) is 0 Å². The number of nitrogens with zero attached hydrogens (tertiary/aromatic N) is 5. The van der Waals surface area contributed by atoms with E-state index >= 15 is 0 Å². The van der Waals surface area contributed by atoms with E-state index in [9.17, 15) is 10.1 Å². The zero-order valence-corrected chi connectivity index (χ0v) is 15.7. The van der Waals surface area contributed by atoms with Gasteiger partial charge in [-0.15, -0.1) is 0 Å². The number of amides is 1. The zero-order valence-electron chi connectivity index (χ0n) is 15.7. The molecule has 1 fully saturated rings. The Morgan fingerprint density at radius 3 is 2.56 bits per heavy atom. The Labute approximate surface area is 160 Å². The molecule has 1 aliphatic heterocycles. The third-order valence-corrected chi connectivity index (χ3v) is 4.89. The minimum Gasteiger partial charge on any atom is -0.353 e. The average Bonchev–Trinajstić information content (AvgIpc) is 2.73. The van der Waals surface area contributed by atoms with E-state index in [1.54, 1.807) is 18.3 Å². The molecule has 1 aromatic carbocycles. The van der Waals surface area contributed by atoms with Crippen LogP contribution in [0.4, 0.5) is 5.82 Å². The van der Waals surface area contributed by atoms with Gasteiger partial charge in [0, 0.05) is 45.5 Å². The Morgan fingerprint density at radius 2 is 1.89 bits per heavy atom. The number of aromatic nitrogens is 1. The molecule has 1 aliphatic rings. The molecule has 6 heteroatoms. The Bertz CT molecular complexity index is 794. The van der Waals surface area contributed by atoms with E-state index < -0.39 is 0 Å². The third kappa shape index (κ3) is 4.83. The van der Waals surface area contributed by atoms with Crippen molar-refractivity contribution in [3.8, 4) is 6.07 Å². The number of anilines is 1. The molecular formula is C21H25N5O. The summed E-state index contributed by atoms with van der Waals surface area (Å²) < 4.78 is 0. The molecule has 0 bridgehead atoms. The first-order valence-corrected chi connectivity index (χ1v) is 9.35. The highest BCUT2D eigenvalue weighted by Crippen LogP contribution is 2.18. The summed E-state index contributed by atoms with van der Waals surface area (Å²) in [5, 5.41) is 9.25. The van der Waals surface area contributed by atoms with E-state index in [-0.39, 0.29) is 5.91 Å². The molecule has 140 valence electrons. The summed E-state index contributed by atoms with van der Waals surface area (Å²) in [6, 6.07) is 15.9. The first-order chi connectivity index (χ1) is 13.2. The number of hydrogen-bond donors (Lipinski definition) is 0. The van der Waals surface area contributed by atoms with Crippen molar-refractivity contribution in [1.29, 1.82) is 5.26 Å². The number of pyridine rings is 1. The van der Waals surface area contributed by atoms with Crippen molar-refractivity contribution in [2.75, 3.05) is 44.2 Å². The molecule has 2 aromatic rings. The summed E-state index contributed by atoms with van der Waals surface area (Å²) in [6.45, 7) is 6.91. The van der Waals surface area contributed by atoms with Crippen LogP contribution in [0.1, 0.15) is 18.1 Å². The fraction of sp³-hybridized carbons (Fsp3) is 0.381. The highest BCUT2D eigenvalue weighted by Gasteiger charge is 2.23. The second-order valence-electron chi connectivity index (χ2n) is 6.64. The summed E-state index contributed by atoms with van der Waals surface area (Å²) in [5.74, 6) is 0.899. The van der Waals surface area contributed by atoms with E-state index in [0.29, 0.717) is 25.2 Å². The van der Waals surface area contributed by atoms with E-state index in [4.69, 9.17) is 0 Å². The molecule has 1 aromatic heterocycles. The molecule has 0 atom stereocenters. The second-order valence-corrected chi connectivity index (χ2v) is 6.64. The molecule has 6 nitrogen and oxygen atoms in total. The van der Waals surface area contributed by atoms with Crippen molar-refractivity contribution in [2.24, 2.45) is 0 Å². The minimum atomic E-state index is 0.158.